The predicted molar refractivity (Wildman–Crippen MR) is 65.7 cm³/mol. The highest BCUT2D eigenvalue weighted by Crippen LogP contribution is 2.27. The van der Waals surface area contributed by atoms with Crippen molar-refractivity contribution in [2.24, 2.45) is 4.99 Å². The summed E-state index contributed by atoms with van der Waals surface area (Å²) in [6.45, 7) is 0. The number of aromatic nitrogens is 2. The smallest absolute Gasteiger partial charge is 0.307 e. The SMILES string of the molecule is O=c1[nH]c(=O)c2cc(C3CCC=N3)ccc2[nH]1. The second-order valence-electron chi connectivity index (χ2n) is 4.14. The van der Waals surface area contributed by atoms with E-state index in [9.17, 15) is 9.59 Å². The van der Waals surface area contributed by atoms with Crippen LogP contribution in [0.1, 0.15) is 24.4 Å². The van der Waals surface area contributed by atoms with Crippen LogP contribution >= 0.6 is 0 Å². The minimum Gasteiger partial charge on any atom is -0.307 e. The summed E-state index contributed by atoms with van der Waals surface area (Å²) in [7, 11) is 0. The molecule has 1 aliphatic heterocycles. The highest BCUT2D eigenvalue weighted by Gasteiger charge is 2.14. The van der Waals surface area contributed by atoms with E-state index in [2.05, 4.69) is 15.0 Å². The van der Waals surface area contributed by atoms with Crippen LogP contribution in [0.15, 0.2) is 32.8 Å². The number of benzene rings is 1. The summed E-state index contributed by atoms with van der Waals surface area (Å²) in [5.74, 6) is 0. The van der Waals surface area contributed by atoms with Crippen LogP contribution in [0.5, 0.6) is 0 Å². The highest BCUT2D eigenvalue weighted by molar-refractivity contribution is 5.78. The molecule has 3 rings (SSSR count). The van der Waals surface area contributed by atoms with Gasteiger partial charge in [0.05, 0.1) is 16.9 Å². The minimum absolute atomic E-state index is 0.144. The number of fused-ring (bicyclic) bond motifs is 1. The molecular formula is C12H11N3O2. The van der Waals surface area contributed by atoms with Gasteiger partial charge in [0, 0.05) is 0 Å². The summed E-state index contributed by atoms with van der Waals surface area (Å²) in [6.07, 6.45) is 3.86. The molecule has 1 aromatic carbocycles. The van der Waals surface area contributed by atoms with E-state index in [1.54, 1.807) is 12.1 Å². The normalized spacial score (nSPS) is 18.9. The van der Waals surface area contributed by atoms with Crippen LogP contribution in [-0.4, -0.2) is 16.2 Å². The van der Waals surface area contributed by atoms with Gasteiger partial charge in [-0.3, -0.25) is 14.8 Å². The molecule has 0 fully saturated rings. The van der Waals surface area contributed by atoms with Gasteiger partial charge in [0.25, 0.3) is 5.56 Å². The van der Waals surface area contributed by atoms with Gasteiger partial charge in [-0.05, 0) is 36.8 Å². The number of aliphatic imine (C=N–C) groups is 1. The Morgan fingerprint density at radius 2 is 2.12 bits per heavy atom. The molecular weight excluding hydrogens is 218 g/mol. The van der Waals surface area contributed by atoms with Crippen molar-refractivity contribution >= 4 is 17.1 Å². The second-order valence-corrected chi connectivity index (χ2v) is 4.14. The first-order valence-electron chi connectivity index (χ1n) is 5.52. The van der Waals surface area contributed by atoms with Gasteiger partial charge in [-0.1, -0.05) is 6.07 Å². The molecule has 1 aromatic heterocycles. The quantitative estimate of drug-likeness (QED) is 0.768. The fourth-order valence-electron chi connectivity index (χ4n) is 2.15. The largest absolute Gasteiger partial charge is 0.326 e. The first-order chi connectivity index (χ1) is 8.24. The molecule has 1 atom stereocenters. The number of hydrogen-bond donors (Lipinski definition) is 2. The average Bonchev–Trinajstić information content (AvgIpc) is 2.82. The summed E-state index contributed by atoms with van der Waals surface area (Å²) >= 11 is 0. The topological polar surface area (TPSA) is 78.1 Å². The van der Waals surface area contributed by atoms with Crippen LogP contribution in [0.3, 0.4) is 0 Å². The molecule has 5 heteroatoms. The Hall–Kier alpha value is -2.17. The summed E-state index contributed by atoms with van der Waals surface area (Å²) in [5.41, 5.74) is 0.745. The zero-order valence-corrected chi connectivity index (χ0v) is 9.06. The molecule has 2 aromatic rings. The molecule has 0 saturated heterocycles. The number of nitrogens with one attached hydrogen (secondary N) is 2. The summed E-state index contributed by atoms with van der Waals surface area (Å²) < 4.78 is 0. The molecule has 0 aliphatic carbocycles. The van der Waals surface area contributed by atoms with Gasteiger partial charge in [-0.25, -0.2) is 4.79 Å². The Morgan fingerprint density at radius 1 is 1.24 bits per heavy atom. The van der Waals surface area contributed by atoms with Gasteiger partial charge in [-0.15, -0.1) is 0 Å². The van der Waals surface area contributed by atoms with Crippen molar-refractivity contribution in [3.63, 3.8) is 0 Å². The number of nitrogens with zero attached hydrogens (tertiary/aromatic N) is 1. The molecule has 0 saturated carbocycles. The van der Waals surface area contributed by atoms with Crippen molar-refractivity contribution < 1.29 is 0 Å². The minimum atomic E-state index is -0.478. The average molecular weight is 229 g/mol. The molecule has 2 heterocycles. The summed E-state index contributed by atoms with van der Waals surface area (Å²) in [5, 5.41) is 0.504. The first-order valence-corrected chi connectivity index (χ1v) is 5.52. The van der Waals surface area contributed by atoms with Gasteiger partial charge < -0.3 is 4.98 Å². The van der Waals surface area contributed by atoms with Gasteiger partial charge in [0.15, 0.2) is 0 Å². The number of hydrogen-bond acceptors (Lipinski definition) is 3. The van der Waals surface area contributed by atoms with E-state index in [1.165, 1.54) is 0 Å². The van der Waals surface area contributed by atoms with Crippen LogP contribution in [0.4, 0.5) is 0 Å². The van der Waals surface area contributed by atoms with Crippen molar-refractivity contribution in [2.45, 2.75) is 18.9 Å². The van der Waals surface area contributed by atoms with Crippen molar-refractivity contribution in [3.8, 4) is 0 Å². The Labute approximate surface area is 96.2 Å². The molecule has 0 amide bonds. The molecule has 5 nitrogen and oxygen atoms in total. The Balaban J connectivity index is 2.22. The molecule has 86 valence electrons. The number of H-pyrrole nitrogens is 2. The van der Waals surface area contributed by atoms with E-state index in [0.717, 1.165) is 18.4 Å². The monoisotopic (exact) mass is 229 g/mol. The molecule has 0 radical (unpaired) electrons. The third-order valence-electron chi connectivity index (χ3n) is 3.00. The lowest BCUT2D eigenvalue weighted by Crippen LogP contribution is -2.21. The van der Waals surface area contributed by atoms with Crippen molar-refractivity contribution in [2.75, 3.05) is 0 Å². The lowest BCUT2D eigenvalue weighted by atomic mass is 10.0. The van der Waals surface area contributed by atoms with Crippen LogP contribution in [0, 0.1) is 0 Å². The van der Waals surface area contributed by atoms with Crippen LogP contribution < -0.4 is 11.2 Å². The maximum atomic E-state index is 11.7. The van der Waals surface area contributed by atoms with Gasteiger partial charge in [-0.2, -0.15) is 0 Å². The molecule has 2 N–H and O–H groups in total. The van der Waals surface area contributed by atoms with E-state index in [4.69, 9.17) is 0 Å². The Kier molecular flexibility index (Phi) is 2.18. The van der Waals surface area contributed by atoms with E-state index in [-0.39, 0.29) is 11.6 Å². The second kappa shape index (κ2) is 3.69. The lowest BCUT2D eigenvalue weighted by Gasteiger charge is -2.07. The molecule has 1 aliphatic rings. The third-order valence-corrected chi connectivity index (χ3v) is 3.00. The number of rotatable bonds is 1. The van der Waals surface area contributed by atoms with Gasteiger partial charge in [0.1, 0.15) is 0 Å². The molecule has 0 spiro atoms. The predicted octanol–water partition coefficient (Wildman–Crippen LogP) is 1.12. The Bertz CT molecular complexity index is 711. The maximum Gasteiger partial charge on any atom is 0.326 e. The molecule has 1 unspecified atom stereocenters. The van der Waals surface area contributed by atoms with Crippen LogP contribution in [0.25, 0.3) is 10.9 Å². The fourth-order valence-corrected chi connectivity index (χ4v) is 2.15. The van der Waals surface area contributed by atoms with Crippen molar-refractivity contribution in [1.82, 2.24) is 9.97 Å². The van der Waals surface area contributed by atoms with Gasteiger partial charge >= 0.3 is 5.69 Å². The zero-order valence-electron chi connectivity index (χ0n) is 9.06. The van der Waals surface area contributed by atoms with Gasteiger partial charge in [0.2, 0.25) is 0 Å². The maximum absolute atomic E-state index is 11.7. The molecule has 0 bridgehead atoms. The van der Waals surface area contributed by atoms with Crippen LogP contribution in [-0.2, 0) is 0 Å². The lowest BCUT2D eigenvalue weighted by molar-refractivity contribution is 0.724. The van der Waals surface area contributed by atoms with E-state index in [1.807, 2.05) is 12.3 Å². The zero-order chi connectivity index (χ0) is 11.8. The van der Waals surface area contributed by atoms with E-state index < -0.39 is 5.69 Å². The van der Waals surface area contributed by atoms with E-state index >= 15 is 0 Å². The van der Waals surface area contributed by atoms with Crippen molar-refractivity contribution in [3.05, 3.63) is 44.6 Å². The number of aromatic amines is 2. The van der Waals surface area contributed by atoms with E-state index in [0.29, 0.717) is 10.9 Å². The van der Waals surface area contributed by atoms with Crippen LogP contribution in [0.2, 0.25) is 0 Å². The first kappa shape index (κ1) is 10.0. The highest BCUT2D eigenvalue weighted by atomic mass is 16.2. The fraction of sp³-hybridized carbons (Fsp3) is 0.250. The summed E-state index contributed by atoms with van der Waals surface area (Å²) in [6, 6.07) is 5.61. The van der Waals surface area contributed by atoms with Crippen molar-refractivity contribution in [1.29, 1.82) is 0 Å². The molecule has 17 heavy (non-hydrogen) atoms. The Morgan fingerprint density at radius 3 is 2.88 bits per heavy atom. The third kappa shape index (κ3) is 1.69. The summed E-state index contributed by atoms with van der Waals surface area (Å²) in [4.78, 5) is 31.9. The standard InChI is InChI=1S/C12H11N3O2/c16-11-8-6-7(9-2-1-5-13-9)3-4-10(8)14-12(17)15-11/h3-6,9H,1-2H2,(H2,14,15,16,17).